The Morgan fingerprint density at radius 3 is 1.33 bits per heavy atom. The number of benzene rings is 2. The summed E-state index contributed by atoms with van der Waals surface area (Å²) in [6.45, 7) is 0. The van der Waals surface area contributed by atoms with Crippen molar-refractivity contribution < 1.29 is 0 Å². The first kappa shape index (κ1) is 12.3. The second kappa shape index (κ2) is 5.95. The summed E-state index contributed by atoms with van der Waals surface area (Å²) in [6, 6.07) is 21.0. The van der Waals surface area contributed by atoms with Crippen molar-refractivity contribution in [2.75, 3.05) is 0 Å². The molecule has 1 atom stereocenters. The van der Waals surface area contributed by atoms with Crippen LogP contribution in [0.3, 0.4) is 0 Å². The molecule has 0 spiro atoms. The van der Waals surface area contributed by atoms with E-state index in [1.165, 1.54) is 11.1 Å². The van der Waals surface area contributed by atoms with Crippen LogP contribution >= 0.6 is 22.7 Å². The maximum atomic E-state index is 2.89. The molecule has 2 heteroatoms. The van der Waals surface area contributed by atoms with Crippen molar-refractivity contribution in [3.8, 4) is 0 Å². The van der Waals surface area contributed by atoms with E-state index in [1.807, 2.05) is 12.1 Å². The van der Waals surface area contributed by atoms with Crippen LogP contribution in [0.1, 0.15) is 16.8 Å². The molecule has 2 aromatic carbocycles. The summed E-state index contributed by atoms with van der Waals surface area (Å²) in [6.07, 6.45) is 0. The molecule has 2 aromatic rings. The minimum absolute atomic E-state index is 0. The van der Waals surface area contributed by atoms with Crippen LogP contribution in [-0.4, -0.2) is 0 Å². The Kier molecular flexibility index (Phi) is 4.87. The van der Waals surface area contributed by atoms with Crippen molar-refractivity contribution in [1.82, 2.24) is 0 Å². The second-order valence-electron chi connectivity index (χ2n) is 3.30. The van der Waals surface area contributed by atoms with Crippen LogP contribution in [0.25, 0.3) is 0 Å². The Bertz CT molecular complexity index is 346. The van der Waals surface area contributed by atoms with E-state index >= 15 is 0 Å². The Morgan fingerprint density at radius 1 is 0.667 bits per heavy atom. The van der Waals surface area contributed by atoms with Gasteiger partial charge in [-0.25, -0.2) is 0 Å². The van der Waals surface area contributed by atoms with Gasteiger partial charge in [0.15, 0.2) is 0 Å². The molecule has 0 saturated heterocycles. The average molecular weight is 234 g/mol. The Labute approximate surface area is 100 Å². The molecule has 2 rings (SSSR count). The van der Waals surface area contributed by atoms with E-state index in [0.717, 1.165) is 0 Å². The summed E-state index contributed by atoms with van der Waals surface area (Å²) < 4.78 is 0. The topological polar surface area (TPSA) is 0 Å². The van der Waals surface area contributed by atoms with Crippen molar-refractivity contribution in [1.29, 1.82) is 0 Å². The van der Waals surface area contributed by atoms with Gasteiger partial charge in [-0.05, 0) is 11.1 Å². The number of rotatable bonds is 2. The highest BCUT2D eigenvalue weighted by Crippen LogP contribution is 2.30. The lowest BCUT2D eigenvalue weighted by Gasteiger charge is -2.11. The first-order chi connectivity index (χ1) is 6.88. The smallest absolute Gasteiger partial charge is 0.0234 e. The molecule has 15 heavy (non-hydrogen) atoms. The molecule has 0 bridgehead atoms. The molecule has 0 radical (unpaired) electrons. The van der Waals surface area contributed by atoms with Gasteiger partial charge in [-0.15, -0.1) is 9.24 Å². The predicted molar refractivity (Wildman–Crippen MR) is 74.8 cm³/mol. The van der Waals surface area contributed by atoms with E-state index in [4.69, 9.17) is 0 Å². The monoisotopic (exact) mass is 234 g/mol. The molecule has 0 aliphatic heterocycles. The SMILES string of the molecule is PC(c1ccccc1)c1ccccc1.S. The molecule has 0 aromatic heterocycles. The molecular weight excluding hydrogens is 219 g/mol. The highest BCUT2D eigenvalue weighted by atomic mass is 32.1. The summed E-state index contributed by atoms with van der Waals surface area (Å²) in [5.41, 5.74) is 3.07. The normalized spacial score (nSPS) is 9.73. The lowest BCUT2D eigenvalue weighted by molar-refractivity contribution is 1.16. The van der Waals surface area contributed by atoms with Crippen LogP contribution in [0.2, 0.25) is 0 Å². The van der Waals surface area contributed by atoms with E-state index in [1.54, 1.807) is 0 Å². The van der Waals surface area contributed by atoms with Crippen molar-refractivity contribution in [2.24, 2.45) is 0 Å². The van der Waals surface area contributed by atoms with Gasteiger partial charge in [-0.3, -0.25) is 0 Å². The Balaban J connectivity index is 0.00000112. The van der Waals surface area contributed by atoms with E-state index in [2.05, 4.69) is 57.8 Å². The van der Waals surface area contributed by atoms with Gasteiger partial charge in [-0.1, -0.05) is 60.7 Å². The second-order valence-corrected chi connectivity index (χ2v) is 3.97. The molecular formula is C13H15PS. The van der Waals surface area contributed by atoms with E-state index < -0.39 is 0 Å². The Hall–Kier alpha value is -0.780. The fourth-order valence-corrected chi connectivity index (χ4v) is 1.96. The van der Waals surface area contributed by atoms with Gasteiger partial charge in [0.2, 0.25) is 0 Å². The van der Waals surface area contributed by atoms with Crippen molar-refractivity contribution >= 4 is 22.7 Å². The zero-order valence-electron chi connectivity index (χ0n) is 8.43. The minimum Gasteiger partial charge on any atom is -0.197 e. The van der Waals surface area contributed by atoms with Crippen molar-refractivity contribution in [2.45, 2.75) is 5.66 Å². The van der Waals surface area contributed by atoms with Gasteiger partial charge in [0, 0.05) is 5.66 Å². The van der Waals surface area contributed by atoms with E-state index in [0.29, 0.717) is 5.66 Å². The van der Waals surface area contributed by atoms with Crippen LogP contribution in [0, 0.1) is 0 Å². The van der Waals surface area contributed by atoms with Gasteiger partial charge >= 0.3 is 0 Å². The lowest BCUT2D eigenvalue weighted by Crippen LogP contribution is -1.90. The zero-order chi connectivity index (χ0) is 9.80. The van der Waals surface area contributed by atoms with Gasteiger partial charge in [0.25, 0.3) is 0 Å². The Morgan fingerprint density at radius 2 is 1.00 bits per heavy atom. The largest absolute Gasteiger partial charge is 0.197 e. The number of hydrogen-bond acceptors (Lipinski definition) is 0. The predicted octanol–water partition coefficient (Wildman–Crippen LogP) is 3.76. The third kappa shape index (κ3) is 3.09. The van der Waals surface area contributed by atoms with Crippen LogP contribution in [0.15, 0.2) is 60.7 Å². The van der Waals surface area contributed by atoms with Crippen LogP contribution in [0.4, 0.5) is 0 Å². The molecule has 0 saturated carbocycles. The highest BCUT2D eigenvalue weighted by Gasteiger charge is 2.05. The molecule has 0 heterocycles. The molecule has 0 amide bonds. The summed E-state index contributed by atoms with van der Waals surface area (Å²) in [7, 11) is 2.89. The van der Waals surface area contributed by atoms with Gasteiger partial charge in [0.1, 0.15) is 0 Å². The average Bonchev–Trinajstić information content (AvgIpc) is 2.30. The first-order valence-corrected chi connectivity index (χ1v) is 5.40. The third-order valence-electron chi connectivity index (χ3n) is 2.32. The molecule has 0 nitrogen and oxygen atoms in total. The summed E-state index contributed by atoms with van der Waals surface area (Å²) >= 11 is 0. The maximum absolute atomic E-state index is 2.89. The third-order valence-corrected chi connectivity index (χ3v) is 3.09. The quantitative estimate of drug-likeness (QED) is 0.694. The summed E-state index contributed by atoms with van der Waals surface area (Å²) in [5.74, 6) is 0. The number of hydrogen-bond donors (Lipinski definition) is 0. The standard InChI is InChI=1S/C13H13P.H2S/c14-13(11-7-3-1-4-8-11)12-9-5-2-6-10-12;/h1-10,13H,14H2;1H2. The van der Waals surface area contributed by atoms with Crippen LogP contribution < -0.4 is 0 Å². The summed E-state index contributed by atoms with van der Waals surface area (Å²) in [5, 5.41) is 0. The molecule has 0 aliphatic carbocycles. The zero-order valence-corrected chi connectivity index (χ0v) is 10.6. The lowest BCUT2D eigenvalue weighted by atomic mass is 10.0. The highest BCUT2D eigenvalue weighted by molar-refractivity contribution is 7.59. The fraction of sp³-hybridized carbons (Fsp3) is 0.0769. The molecule has 1 unspecified atom stereocenters. The van der Waals surface area contributed by atoms with Gasteiger partial charge in [-0.2, -0.15) is 13.5 Å². The van der Waals surface area contributed by atoms with E-state index in [-0.39, 0.29) is 13.5 Å². The summed E-state index contributed by atoms with van der Waals surface area (Å²) in [4.78, 5) is 0. The molecule has 0 aliphatic rings. The fourth-order valence-electron chi connectivity index (χ4n) is 1.51. The maximum Gasteiger partial charge on any atom is 0.0234 e. The van der Waals surface area contributed by atoms with Crippen molar-refractivity contribution in [3.63, 3.8) is 0 Å². The molecule has 0 N–H and O–H groups in total. The van der Waals surface area contributed by atoms with E-state index in [9.17, 15) is 0 Å². The van der Waals surface area contributed by atoms with Gasteiger partial charge < -0.3 is 0 Å². The first-order valence-electron chi connectivity index (χ1n) is 4.73. The van der Waals surface area contributed by atoms with Crippen molar-refractivity contribution in [3.05, 3.63) is 71.8 Å². The van der Waals surface area contributed by atoms with Gasteiger partial charge in [0.05, 0.1) is 0 Å². The van der Waals surface area contributed by atoms with Crippen LogP contribution in [-0.2, 0) is 0 Å². The molecule has 0 fully saturated rings. The minimum atomic E-state index is 0. The molecule has 78 valence electrons. The van der Waals surface area contributed by atoms with Crippen LogP contribution in [0.5, 0.6) is 0 Å².